The molecule has 1 fully saturated rings. The van der Waals surface area contributed by atoms with E-state index in [1.165, 1.54) is 23.3 Å². The molecule has 0 aliphatic carbocycles. The molecule has 0 N–H and O–H groups in total. The van der Waals surface area contributed by atoms with Crippen LogP contribution in [0.5, 0.6) is 11.5 Å². The zero-order valence-corrected chi connectivity index (χ0v) is 20.7. The van der Waals surface area contributed by atoms with Crippen LogP contribution in [0.2, 0.25) is 0 Å². The first-order chi connectivity index (χ1) is 18.5. The monoisotopic (exact) mass is 524 g/mol. The van der Waals surface area contributed by atoms with Crippen molar-refractivity contribution in [1.82, 2.24) is 4.90 Å². The summed E-state index contributed by atoms with van der Waals surface area (Å²) in [5, 5.41) is 20.0. The number of nitro groups is 1. The second-order valence-corrected chi connectivity index (χ2v) is 9.06. The molecule has 188 valence electrons. The number of nitrogens with zero attached hydrogens (tertiary/aromatic N) is 4. The van der Waals surface area contributed by atoms with Crippen LogP contribution in [0, 0.1) is 10.1 Å². The van der Waals surface area contributed by atoms with Crippen LogP contribution >= 0.6 is 11.8 Å². The second-order valence-electron chi connectivity index (χ2n) is 8.05. The van der Waals surface area contributed by atoms with Crippen molar-refractivity contribution in [3.05, 3.63) is 129 Å². The first-order valence-corrected chi connectivity index (χ1v) is 12.3. The minimum absolute atomic E-state index is 0.0563. The highest BCUT2D eigenvalue weighted by atomic mass is 32.2. The van der Waals surface area contributed by atoms with Gasteiger partial charge in [-0.2, -0.15) is 5.10 Å². The summed E-state index contributed by atoms with van der Waals surface area (Å²) in [6, 6.07) is 26.4. The van der Waals surface area contributed by atoms with Gasteiger partial charge in [0, 0.05) is 12.1 Å². The number of non-ortho nitro benzene ring substituents is 1. The third kappa shape index (κ3) is 6.05. The van der Waals surface area contributed by atoms with Crippen LogP contribution in [0.1, 0.15) is 16.9 Å². The lowest BCUT2D eigenvalue weighted by atomic mass is 10.2. The summed E-state index contributed by atoms with van der Waals surface area (Å²) >= 11 is 1.14. The molecule has 10 heteroatoms. The van der Waals surface area contributed by atoms with Gasteiger partial charge < -0.3 is 9.15 Å². The number of hydrogen-bond acceptors (Lipinski definition) is 8. The Hall–Kier alpha value is -4.96. The largest absolute Gasteiger partial charge is 0.467 e. The molecule has 2 heterocycles. The molecule has 3 aromatic carbocycles. The minimum Gasteiger partial charge on any atom is -0.467 e. The van der Waals surface area contributed by atoms with E-state index in [0.29, 0.717) is 27.1 Å². The molecule has 0 unspecified atom stereocenters. The summed E-state index contributed by atoms with van der Waals surface area (Å²) in [5.74, 6) is 1.65. The highest BCUT2D eigenvalue weighted by Gasteiger charge is 2.34. The molecule has 0 saturated carbocycles. The summed E-state index contributed by atoms with van der Waals surface area (Å²) in [7, 11) is 0. The fourth-order valence-electron chi connectivity index (χ4n) is 3.59. The summed E-state index contributed by atoms with van der Waals surface area (Å²) in [6.45, 7) is 0.167. The summed E-state index contributed by atoms with van der Waals surface area (Å²) < 4.78 is 11.3. The quantitative estimate of drug-likeness (QED) is 0.113. The molecule has 4 aromatic rings. The fourth-order valence-corrected chi connectivity index (χ4v) is 4.52. The maximum absolute atomic E-state index is 13.2. The Balaban J connectivity index is 1.38. The van der Waals surface area contributed by atoms with Crippen LogP contribution in [-0.2, 0) is 11.3 Å². The third-order valence-electron chi connectivity index (χ3n) is 5.35. The van der Waals surface area contributed by atoms with E-state index in [1.807, 2.05) is 54.6 Å². The molecular weight excluding hydrogens is 504 g/mol. The van der Waals surface area contributed by atoms with Gasteiger partial charge in [0.05, 0.1) is 28.9 Å². The minimum atomic E-state index is -0.476. The number of amides is 1. The number of nitro benzene ring substituents is 1. The van der Waals surface area contributed by atoms with E-state index in [9.17, 15) is 14.9 Å². The smallest absolute Gasteiger partial charge is 0.270 e. The van der Waals surface area contributed by atoms with Crippen LogP contribution in [0.15, 0.2) is 117 Å². The Bertz CT molecular complexity index is 1550. The predicted molar refractivity (Wildman–Crippen MR) is 146 cm³/mol. The zero-order valence-electron chi connectivity index (χ0n) is 19.8. The maximum Gasteiger partial charge on any atom is 0.270 e. The molecule has 1 saturated heterocycles. The maximum atomic E-state index is 13.2. The number of para-hydroxylation sites is 1. The summed E-state index contributed by atoms with van der Waals surface area (Å²) in [4.78, 5) is 25.7. The van der Waals surface area contributed by atoms with Gasteiger partial charge in [-0.3, -0.25) is 19.8 Å². The second kappa shape index (κ2) is 11.4. The van der Waals surface area contributed by atoms with Crippen molar-refractivity contribution in [1.29, 1.82) is 0 Å². The van der Waals surface area contributed by atoms with Gasteiger partial charge in [-0.25, -0.2) is 0 Å². The van der Waals surface area contributed by atoms with Crippen LogP contribution < -0.4 is 4.74 Å². The Morgan fingerprint density at radius 2 is 1.74 bits per heavy atom. The van der Waals surface area contributed by atoms with Gasteiger partial charge in [0.1, 0.15) is 17.3 Å². The normalized spacial score (nSPS) is 15.6. The first kappa shape index (κ1) is 24.7. The number of carbonyl (C=O) groups is 1. The predicted octanol–water partition coefficient (Wildman–Crippen LogP) is 6.49. The van der Waals surface area contributed by atoms with E-state index in [-0.39, 0.29) is 18.1 Å². The van der Waals surface area contributed by atoms with Gasteiger partial charge in [-0.05, 0) is 65.4 Å². The van der Waals surface area contributed by atoms with Crippen LogP contribution in [0.25, 0.3) is 6.08 Å². The van der Waals surface area contributed by atoms with Crippen molar-refractivity contribution in [2.75, 3.05) is 0 Å². The molecule has 0 atom stereocenters. The molecule has 0 bridgehead atoms. The Kier molecular flexibility index (Phi) is 7.42. The molecule has 5 rings (SSSR count). The number of amidine groups is 1. The van der Waals surface area contributed by atoms with Gasteiger partial charge in [0.2, 0.25) is 0 Å². The van der Waals surface area contributed by atoms with E-state index < -0.39 is 4.92 Å². The van der Waals surface area contributed by atoms with Crippen molar-refractivity contribution < 1.29 is 18.9 Å². The van der Waals surface area contributed by atoms with E-state index in [4.69, 9.17) is 9.15 Å². The van der Waals surface area contributed by atoms with E-state index in [2.05, 4.69) is 10.2 Å². The van der Waals surface area contributed by atoms with E-state index in [1.54, 1.807) is 36.6 Å². The van der Waals surface area contributed by atoms with Crippen LogP contribution in [0.4, 0.5) is 5.69 Å². The number of carbonyl (C=O) groups excluding carboxylic acids is 1. The van der Waals surface area contributed by atoms with Crippen molar-refractivity contribution in [3.8, 4) is 11.5 Å². The molecule has 38 heavy (non-hydrogen) atoms. The van der Waals surface area contributed by atoms with Gasteiger partial charge in [0.15, 0.2) is 5.17 Å². The number of furan rings is 1. The highest BCUT2D eigenvalue weighted by Crippen LogP contribution is 2.34. The zero-order chi connectivity index (χ0) is 26.3. The standard InChI is InChI=1S/C28H20N4O5S/c33-27-26(17-20-7-4-9-22(15-20)32(34)35)38-28(31(27)19-25-13-6-14-36-25)30-29-18-21-8-5-12-24(16-21)37-23-10-2-1-3-11-23/h1-18H,19H2/b26-17-,29-18+,30-28-. The summed E-state index contributed by atoms with van der Waals surface area (Å²) in [5.41, 5.74) is 1.24. The third-order valence-corrected chi connectivity index (χ3v) is 6.35. The van der Waals surface area contributed by atoms with Crippen molar-refractivity contribution in [3.63, 3.8) is 0 Å². The molecule has 1 aliphatic rings. The van der Waals surface area contributed by atoms with Crippen LogP contribution in [-0.4, -0.2) is 27.1 Å². The molecule has 0 radical (unpaired) electrons. The van der Waals surface area contributed by atoms with Gasteiger partial charge in [-0.1, -0.05) is 42.5 Å². The van der Waals surface area contributed by atoms with E-state index >= 15 is 0 Å². The number of ether oxygens (including phenoxy) is 1. The van der Waals surface area contributed by atoms with E-state index in [0.717, 1.165) is 23.1 Å². The molecule has 0 spiro atoms. The lowest BCUT2D eigenvalue weighted by Gasteiger charge is -2.12. The molecule has 1 amide bonds. The number of thioether (sulfide) groups is 1. The van der Waals surface area contributed by atoms with Gasteiger partial charge in [-0.15, -0.1) is 5.10 Å². The van der Waals surface area contributed by atoms with Crippen molar-refractivity contribution in [2.45, 2.75) is 6.54 Å². The van der Waals surface area contributed by atoms with Gasteiger partial charge in [0.25, 0.3) is 11.6 Å². The SMILES string of the molecule is O=C1/C(=C/c2cccc([N+](=O)[O-])c2)S/C(=N\N=C\c2cccc(Oc3ccccc3)c2)N1Cc1ccco1. The lowest BCUT2D eigenvalue weighted by Crippen LogP contribution is -2.28. The Morgan fingerprint density at radius 1 is 0.947 bits per heavy atom. The average Bonchev–Trinajstić information content (AvgIpc) is 3.54. The molecular formula is C28H20N4O5S. The Labute approximate surface area is 221 Å². The highest BCUT2D eigenvalue weighted by molar-refractivity contribution is 8.18. The summed E-state index contributed by atoms with van der Waals surface area (Å²) in [6.07, 6.45) is 4.71. The number of rotatable bonds is 8. The van der Waals surface area contributed by atoms with Crippen molar-refractivity contribution in [2.24, 2.45) is 10.2 Å². The number of hydrogen-bond donors (Lipinski definition) is 0. The molecule has 1 aromatic heterocycles. The van der Waals surface area contributed by atoms with Crippen molar-refractivity contribution >= 4 is 40.8 Å². The fraction of sp³-hybridized carbons (Fsp3) is 0.0357. The Morgan fingerprint density at radius 3 is 2.53 bits per heavy atom. The molecule has 1 aliphatic heterocycles. The molecule has 9 nitrogen and oxygen atoms in total. The number of benzene rings is 3. The lowest BCUT2D eigenvalue weighted by molar-refractivity contribution is -0.384. The van der Waals surface area contributed by atoms with Gasteiger partial charge >= 0.3 is 0 Å². The topological polar surface area (TPSA) is 111 Å². The average molecular weight is 525 g/mol. The first-order valence-electron chi connectivity index (χ1n) is 11.5. The van der Waals surface area contributed by atoms with Crippen LogP contribution in [0.3, 0.4) is 0 Å².